The van der Waals surface area contributed by atoms with Crippen LogP contribution in [0.4, 0.5) is 0 Å². The van der Waals surface area contributed by atoms with Gasteiger partial charge in [-0.25, -0.2) is 4.99 Å². The second kappa shape index (κ2) is 9.68. The lowest BCUT2D eigenvalue weighted by Crippen LogP contribution is -2.39. The highest BCUT2D eigenvalue weighted by molar-refractivity contribution is 7.98. The maximum absolute atomic E-state index is 5.49. The van der Waals surface area contributed by atoms with Crippen molar-refractivity contribution in [3.8, 4) is 11.5 Å². The van der Waals surface area contributed by atoms with Crippen molar-refractivity contribution in [1.82, 2.24) is 25.0 Å². The molecule has 0 aliphatic carbocycles. The molecular formula is C19H28N6O2S. The van der Waals surface area contributed by atoms with Crippen LogP contribution in [0, 0.1) is 6.92 Å². The largest absolute Gasteiger partial charge is 0.454 e. The molecule has 0 amide bonds. The lowest BCUT2D eigenvalue weighted by atomic mass is 10.2. The summed E-state index contributed by atoms with van der Waals surface area (Å²) in [6.45, 7) is 4.29. The average molecular weight is 405 g/mol. The summed E-state index contributed by atoms with van der Waals surface area (Å²) >= 11 is 1.85. The van der Waals surface area contributed by atoms with Gasteiger partial charge in [0.1, 0.15) is 12.4 Å². The number of benzene rings is 1. The summed E-state index contributed by atoms with van der Waals surface area (Å²) in [6.07, 6.45) is 3.21. The van der Waals surface area contributed by atoms with Gasteiger partial charge < -0.3 is 24.3 Å². The van der Waals surface area contributed by atoms with E-state index in [0.29, 0.717) is 13.1 Å². The second-order valence-corrected chi connectivity index (χ2v) is 7.66. The highest BCUT2D eigenvalue weighted by atomic mass is 32.2. The Hall–Kier alpha value is -2.42. The number of guanidine groups is 1. The number of nitrogens with one attached hydrogen (secondary N) is 1. The molecule has 1 N–H and O–H groups in total. The second-order valence-electron chi connectivity index (χ2n) is 6.68. The average Bonchev–Trinajstić information content (AvgIpc) is 3.28. The first-order valence-corrected chi connectivity index (χ1v) is 10.7. The molecule has 9 heteroatoms. The van der Waals surface area contributed by atoms with E-state index in [2.05, 4.69) is 32.7 Å². The van der Waals surface area contributed by atoms with Gasteiger partial charge in [0.25, 0.3) is 0 Å². The molecule has 2 heterocycles. The summed E-state index contributed by atoms with van der Waals surface area (Å²) in [4.78, 5) is 6.89. The van der Waals surface area contributed by atoms with Crippen LogP contribution in [0.5, 0.6) is 11.5 Å². The summed E-state index contributed by atoms with van der Waals surface area (Å²) in [6, 6.07) is 6.04. The molecule has 0 saturated heterocycles. The molecule has 0 atom stereocenters. The predicted octanol–water partition coefficient (Wildman–Crippen LogP) is 2.18. The van der Waals surface area contributed by atoms with Crippen LogP contribution >= 0.6 is 11.8 Å². The molecule has 2 aromatic rings. The molecule has 8 nitrogen and oxygen atoms in total. The number of rotatable bonds is 8. The molecule has 0 spiro atoms. The zero-order valence-electron chi connectivity index (χ0n) is 16.9. The Balaban J connectivity index is 1.69. The Kier molecular flexibility index (Phi) is 7.02. The molecule has 3 rings (SSSR count). The molecule has 152 valence electrons. The number of thioether (sulfide) groups is 1. The Morgan fingerprint density at radius 1 is 1.32 bits per heavy atom. The van der Waals surface area contributed by atoms with Gasteiger partial charge in [-0.1, -0.05) is 6.07 Å². The molecule has 1 aromatic heterocycles. The minimum Gasteiger partial charge on any atom is -0.454 e. The number of aryl methyl sites for hydroxylation is 1. The number of nitrogens with zero attached hydrogens (tertiary/aromatic N) is 5. The third-order valence-electron chi connectivity index (χ3n) is 4.58. The summed E-state index contributed by atoms with van der Waals surface area (Å²) in [5, 5.41) is 11.8. The smallest absolute Gasteiger partial charge is 0.231 e. The van der Waals surface area contributed by atoms with Crippen LogP contribution in [0.25, 0.3) is 0 Å². The molecule has 0 fully saturated rings. The van der Waals surface area contributed by atoms with Crippen LogP contribution in [-0.2, 0) is 20.1 Å². The zero-order valence-corrected chi connectivity index (χ0v) is 17.8. The van der Waals surface area contributed by atoms with E-state index in [9.17, 15) is 0 Å². The van der Waals surface area contributed by atoms with Gasteiger partial charge in [0.05, 0.1) is 0 Å². The highest BCUT2D eigenvalue weighted by Gasteiger charge is 2.15. The number of hydrogen-bond acceptors (Lipinski definition) is 6. The fourth-order valence-electron chi connectivity index (χ4n) is 2.85. The van der Waals surface area contributed by atoms with Crippen molar-refractivity contribution in [2.75, 3.05) is 32.4 Å². The topological polar surface area (TPSA) is 76.8 Å². The molecule has 0 bridgehead atoms. The summed E-state index contributed by atoms with van der Waals surface area (Å²) in [5.74, 6) is 5.29. The van der Waals surface area contributed by atoms with Gasteiger partial charge in [0, 0.05) is 27.2 Å². The van der Waals surface area contributed by atoms with E-state index in [0.717, 1.165) is 53.4 Å². The van der Waals surface area contributed by atoms with Crippen molar-refractivity contribution >= 4 is 17.7 Å². The van der Waals surface area contributed by atoms with Crippen molar-refractivity contribution in [2.45, 2.75) is 26.4 Å². The van der Waals surface area contributed by atoms with Gasteiger partial charge in [-0.05, 0) is 43.0 Å². The van der Waals surface area contributed by atoms with Crippen LogP contribution in [0.2, 0.25) is 0 Å². The third kappa shape index (κ3) is 5.09. The Labute approximate surface area is 170 Å². The van der Waals surface area contributed by atoms with Crippen molar-refractivity contribution in [2.24, 2.45) is 12.0 Å². The molecule has 1 aromatic carbocycles. The number of aromatic nitrogens is 3. The normalized spacial score (nSPS) is 13.1. The van der Waals surface area contributed by atoms with Crippen molar-refractivity contribution < 1.29 is 9.47 Å². The van der Waals surface area contributed by atoms with E-state index in [4.69, 9.17) is 14.5 Å². The SMILES string of the molecule is CSCCCNC(=NCc1nnc(C)n1C)N(C)Cc1ccc2c(c1)OCO2. The Morgan fingerprint density at radius 3 is 2.89 bits per heavy atom. The molecule has 1 aliphatic rings. The van der Waals surface area contributed by atoms with Crippen molar-refractivity contribution in [1.29, 1.82) is 0 Å². The lowest BCUT2D eigenvalue weighted by Gasteiger charge is -2.23. The van der Waals surface area contributed by atoms with Gasteiger partial charge in [-0.3, -0.25) is 0 Å². The molecule has 0 unspecified atom stereocenters. The van der Waals surface area contributed by atoms with Crippen LogP contribution in [0.15, 0.2) is 23.2 Å². The number of aliphatic imine (C=N–C) groups is 1. The van der Waals surface area contributed by atoms with Gasteiger partial charge in [0.2, 0.25) is 6.79 Å². The first-order chi connectivity index (χ1) is 13.6. The van der Waals surface area contributed by atoms with Crippen LogP contribution in [-0.4, -0.2) is 58.0 Å². The van der Waals surface area contributed by atoms with Crippen LogP contribution < -0.4 is 14.8 Å². The molecule has 1 aliphatic heterocycles. The van der Waals surface area contributed by atoms with Crippen molar-refractivity contribution in [3.63, 3.8) is 0 Å². The monoisotopic (exact) mass is 404 g/mol. The van der Waals surface area contributed by atoms with E-state index in [-0.39, 0.29) is 6.79 Å². The van der Waals surface area contributed by atoms with E-state index < -0.39 is 0 Å². The van der Waals surface area contributed by atoms with Gasteiger partial charge in [0.15, 0.2) is 23.3 Å². The minimum absolute atomic E-state index is 0.287. The summed E-state index contributed by atoms with van der Waals surface area (Å²) in [5.41, 5.74) is 1.14. The summed E-state index contributed by atoms with van der Waals surface area (Å²) < 4.78 is 12.8. The highest BCUT2D eigenvalue weighted by Crippen LogP contribution is 2.32. The molecule has 0 saturated carbocycles. The summed E-state index contributed by atoms with van der Waals surface area (Å²) in [7, 11) is 4.00. The maximum atomic E-state index is 5.49. The quantitative estimate of drug-likeness (QED) is 0.410. The lowest BCUT2D eigenvalue weighted by molar-refractivity contribution is 0.174. The fraction of sp³-hybridized carbons (Fsp3) is 0.526. The zero-order chi connectivity index (χ0) is 19.9. The molecule has 28 heavy (non-hydrogen) atoms. The Bertz CT molecular complexity index is 823. The van der Waals surface area contributed by atoms with E-state index in [1.165, 1.54) is 0 Å². The van der Waals surface area contributed by atoms with Crippen LogP contribution in [0.3, 0.4) is 0 Å². The minimum atomic E-state index is 0.287. The standard InChI is InChI=1S/C19H28N6O2S/c1-14-22-23-18(25(14)3)11-21-19(20-8-5-9-28-4)24(2)12-15-6-7-16-17(10-15)27-13-26-16/h6-7,10H,5,8-9,11-13H2,1-4H3,(H,20,21). The number of hydrogen-bond donors (Lipinski definition) is 1. The van der Waals surface area contributed by atoms with E-state index >= 15 is 0 Å². The van der Waals surface area contributed by atoms with Gasteiger partial charge in [-0.15, -0.1) is 10.2 Å². The van der Waals surface area contributed by atoms with Gasteiger partial charge >= 0.3 is 0 Å². The predicted molar refractivity (Wildman–Crippen MR) is 112 cm³/mol. The number of fused-ring (bicyclic) bond motifs is 1. The molecule has 0 radical (unpaired) electrons. The maximum Gasteiger partial charge on any atom is 0.231 e. The first-order valence-electron chi connectivity index (χ1n) is 9.30. The van der Waals surface area contributed by atoms with E-state index in [1.54, 1.807) is 0 Å². The van der Waals surface area contributed by atoms with E-state index in [1.807, 2.05) is 49.5 Å². The first kappa shape index (κ1) is 20.3. The van der Waals surface area contributed by atoms with Gasteiger partial charge in [-0.2, -0.15) is 11.8 Å². The molecular weight excluding hydrogens is 376 g/mol. The van der Waals surface area contributed by atoms with Crippen LogP contribution in [0.1, 0.15) is 23.6 Å². The third-order valence-corrected chi connectivity index (χ3v) is 5.28. The fourth-order valence-corrected chi connectivity index (χ4v) is 3.28. The van der Waals surface area contributed by atoms with Crippen molar-refractivity contribution in [3.05, 3.63) is 35.4 Å². The Morgan fingerprint density at radius 2 is 2.14 bits per heavy atom. The number of ether oxygens (including phenoxy) is 2.